The molecule has 0 aromatic heterocycles. The Labute approximate surface area is 63.6 Å². The van der Waals surface area contributed by atoms with Crippen LogP contribution in [-0.4, -0.2) is 0 Å². The van der Waals surface area contributed by atoms with Crippen molar-refractivity contribution < 1.29 is 4.39 Å². The van der Waals surface area contributed by atoms with Crippen LogP contribution in [0, 0.1) is 18.2 Å². The lowest BCUT2D eigenvalue weighted by Gasteiger charge is -1.92. The van der Waals surface area contributed by atoms with E-state index in [0.29, 0.717) is 5.56 Å². The Balaban J connectivity index is 3.20. The Kier molecular flexibility index (Phi) is 1.94. The summed E-state index contributed by atoms with van der Waals surface area (Å²) in [4.78, 5) is 0. The second kappa shape index (κ2) is 2.72. The van der Waals surface area contributed by atoms with Crippen molar-refractivity contribution in [2.24, 2.45) is 0 Å². The minimum absolute atomic E-state index is 0.0963. The molecule has 0 N–H and O–H groups in total. The predicted molar refractivity (Wildman–Crippen MR) is 39.3 cm³/mol. The molecule has 50 valence electrons. The molecule has 0 aliphatic heterocycles. The molecule has 0 unspecified atom stereocenters. The van der Waals surface area contributed by atoms with E-state index in [-0.39, 0.29) is 5.02 Å². The molecular formula is C8H4ClF. The van der Waals surface area contributed by atoms with Gasteiger partial charge in [0, 0.05) is 5.56 Å². The Hall–Kier alpha value is -1.00. The van der Waals surface area contributed by atoms with Crippen LogP contribution in [0.5, 0.6) is 0 Å². The van der Waals surface area contributed by atoms with Gasteiger partial charge in [-0.15, -0.1) is 6.42 Å². The van der Waals surface area contributed by atoms with E-state index in [9.17, 15) is 4.39 Å². The molecular weight excluding hydrogens is 151 g/mol. The molecule has 0 heterocycles. The van der Waals surface area contributed by atoms with E-state index in [0.717, 1.165) is 0 Å². The maximum absolute atomic E-state index is 12.5. The van der Waals surface area contributed by atoms with Crippen LogP contribution < -0.4 is 0 Å². The first-order valence-electron chi connectivity index (χ1n) is 2.65. The molecule has 0 saturated heterocycles. The van der Waals surface area contributed by atoms with Crippen molar-refractivity contribution in [2.75, 3.05) is 0 Å². The van der Waals surface area contributed by atoms with Crippen molar-refractivity contribution in [3.8, 4) is 12.3 Å². The Morgan fingerprint density at radius 3 is 2.70 bits per heavy atom. The van der Waals surface area contributed by atoms with Crippen molar-refractivity contribution in [3.05, 3.63) is 34.6 Å². The maximum Gasteiger partial charge on any atom is 0.143 e. The molecule has 0 aliphatic carbocycles. The van der Waals surface area contributed by atoms with Crippen LogP contribution in [0.4, 0.5) is 4.39 Å². The zero-order chi connectivity index (χ0) is 7.56. The van der Waals surface area contributed by atoms with Gasteiger partial charge < -0.3 is 0 Å². The first kappa shape index (κ1) is 7.11. The lowest BCUT2D eigenvalue weighted by molar-refractivity contribution is 0.628. The lowest BCUT2D eigenvalue weighted by Crippen LogP contribution is -1.78. The number of hydrogen-bond acceptors (Lipinski definition) is 0. The van der Waals surface area contributed by atoms with Gasteiger partial charge in [-0.3, -0.25) is 0 Å². The third-order valence-electron chi connectivity index (χ3n) is 1.09. The molecule has 0 bridgehead atoms. The summed E-state index contributed by atoms with van der Waals surface area (Å²) in [5.74, 6) is 1.82. The highest BCUT2D eigenvalue weighted by atomic mass is 35.5. The third kappa shape index (κ3) is 1.29. The van der Waals surface area contributed by atoms with Crippen molar-refractivity contribution >= 4 is 11.6 Å². The second-order valence-corrected chi connectivity index (χ2v) is 2.18. The molecule has 1 aromatic carbocycles. The second-order valence-electron chi connectivity index (χ2n) is 1.77. The largest absolute Gasteiger partial charge is 0.205 e. The number of benzene rings is 1. The van der Waals surface area contributed by atoms with Gasteiger partial charge in [-0.05, 0) is 18.2 Å². The van der Waals surface area contributed by atoms with E-state index in [1.54, 1.807) is 6.07 Å². The highest BCUT2D eigenvalue weighted by Gasteiger charge is 1.97. The van der Waals surface area contributed by atoms with E-state index in [4.69, 9.17) is 18.0 Å². The summed E-state index contributed by atoms with van der Waals surface area (Å²) in [5.41, 5.74) is 0.502. The normalized spacial score (nSPS) is 8.90. The number of hydrogen-bond donors (Lipinski definition) is 0. The molecule has 0 aliphatic rings. The molecule has 10 heavy (non-hydrogen) atoms. The summed E-state index contributed by atoms with van der Waals surface area (Å²) in [7, 11) is 0. The van der Waals surface area contributed by atoms with E-state index >= 15 is 0 Å². The molecule has 2 heteroatoms. The summed E-state index contributed by atoms with van der Waals surface area (Å²) < 4.78 is 12.5. The highest BCUT2D eigenvalue weighted by Crippen LogP contribution is 2.14. The number of rotatable bonds is 0. The van der Waals surface area contributed by atoms with Gasteiger partial charge in [-0.25, -0.2) is 4.39 Å². The Morgan fingerprint density at radius 1 is 1.50 bits per heavy atom. The van der Waals surface area contributed by atoms with Crippen LogP contribution in [0.1, 0.15) is 5.56 Å². The zero-order valence-electron chi connectivity index (χ0n) is 5.07. The van der Waals surface area contributed by atoms with Gasteiger partial charge in [0.15, 0.2) is 0 Å². The minimum Gasteiger partial charge on any atom is -0.205 e. The highest BCUT2D eigenvalue weighted by molar-refractivity contribution is 6.30. The first-order valence-corrected chi connectivity index (χ1v) is 3.03. The van der Waals surface area contributed by atoms with Gasteiger partial charge in [0.25, 0.3) is 0 Å². The standard InChI is InChI=1S/C8H4ClF/c1-2-6-3-4-7(9)8(10)5-6/h1,3-5H. The van der Waals surface area contributed by atoms with Crippen LogP contribution in [0.25, 0.3) is 0 Å². The monoisotopic (exact) mass is 154 g/mol. The zero-order valence-corrected chi connectivity index (χ0v) is 5.82. The van der Waals surface area contributed by atoms with Gasteiger partial charge in [-0.1, -0.05) is 17.5 Å². The quantitative estimate of drug-likeness (QED) is 0.504. The van der Waals surface area contributed by atoms with E-state index in [2.05, 4.69) is 5.92 Å². The molecule has 1 aromatic rings. The fraction of sp³-hybridized carbons (Fsp3) is 0. The molecule has 0 radical (unpaired) electrons. The molecule has 0 amide bonds. The number of terminal acetylenes is 1. The van der Waals surface area contributed by atoms with Crippen LogP contribution in [0.15, 0.2) is 18.2 Å². The van der Waals surface area contributed by atoms with E-state index < -0.39 is 5.82 Å². The average Bonchev–Trinajstić information content (AvgIpc) is 1.95. The average molecular weight is 155 g/mol. The van der Waals surface area contributed by atoms with Gasteiger partial charge in [0.05, 0.1) is 5.02 Å². The van der Waals surface area contributed by atoms with Gasteiger partial charge in [-0.2, -0.15) is 0 Å². The SMILES string of the molecule is C#Cc1ccc(Cl)c(F)c1. The molecule has 1 rings (SSSR count). The number of halogens is 2. The van der Waals surface area contributed by atoms with Crippen LogP contribution in [-0.2, 0) is 0 Å². The third-order valence-corrected chi connectivity index (χ3v) is 1.39. The van der Waals surface area contributed by atoms with Crippen LogP contribution >= 0.6 is 11.6 Å². The molecule has 0 spiro atoms. The first-order chi connectivity index (χ1) is 4.74. The van der Waals surface area contributed by atoms with Crippen LogP contribution in [0.3, 0.4) is 0 Å². The fourth-order valence-corrected chi connectivity index (χ4v) is 0.703. The summed E-state index contributed by atoms with van der Waals surface area (Å²) in [6.45, 7) is 0. The predicted octanol–water partition coefficient (Wildman–Crippen LogP) is 2.46. The topological polar surface area (TPSA) is 0 Å². The van der Waals surface area contributed by atoms with Gasteiger partial charge >= 0.3 is 0 Å². The molecule has 0 fully saturated rings. The van der Waals surface area contributed by atoms with Gasteiger partial charge in [0.1, 0.15) is 5.82 Å². The van der Waals surface area contributed by atoms with E-state index in [1.807, 2.05) is 0 Å². The molecule has 0 atom stereocenters. The summed E-state index contributed by atoms with van der Waals surface area (Å²) >= 11 is 5.39. The van der Waals surface area contributed by atoms with Crippen molar-refractivity contribution in [1.29, 1.82) is 0 Å². The van der Waals surface area contributed by atoms with E-state index in [1.165, 1.54) is 12.1 Å². The van der Waals surface area contributed by atoms with Crippen molar-refractivity contribution in [1.82, 2.24) is 0 Å². The minimum atomic E-state index is -0.475. The summed E-state index contributed by atoms with van der Waals surface area (Å²) in [6, 6.07) is 4.25. The Bertz CT molecular complexity index is 286. The van der Waals surface area contributed by atoms with Crippen LogP contribution in [0.2, 0.25) is 5.02 Å². The lowest BCUT2D eigenvalue weighted by atomic mass is 10.2. The smallest absolute Gasteiger partial charge is 0.143 e. The summed E-state index contributed by atoms with van der Waals surface area (Å²) in [6.07, 6.45) is 5.01. The maximum atomic E-state index is 12.5. The molecule has 0 saturated carbocycles. The molecule has 0 nitrogen and oxygen atoms in total. The van der Waals surface area contributed by atoms with Gasteiger partial charge in [0.2, 0.25) is 0 Å². The van der Waals surface area contributed by atoms with Crippen molar-refractivity contribution in [3.63, 3.8) is 0 Å². The fourth-order valence-electron chi connectivity index (χ4n) is 0.586. The van der Waals surface area contributed by atoms with Crippen molar-refractivity contribution in [2.45, 2.75) is 0 Å². The Morgan fingerprint density at radius 2 is 2.20 bits per heavy atom. The summed E-state index contributed by atoms with van der Waals surface area (Å²) in [5, 5.41) is 0.0963.